The number of ether oxygens (including phenoxy) is 2. The van der Waals surface area contributed by atoms with Gasteiger partial charge in [-0.15, -0.1) is 0 Å². The molecule has 0 spiro atoms. The Morgan fingerprint density at radius 1 is 1.15 bits per heavy atom. The van der Waals surface area contributed by atoms with E-state index in [9.17, 15) is 18.8 Å². The maximum atomic E-state index is 13.7. The van der Waals surface area contributed by atoms with Crippen molar-refractivity contribution in [3.63, 3.8) is 0 Å². The van der Waals surface area contributed by atoms with E-state index in [0.717, 1.165) is 12.5 Å². The second kappa shape index (κ2) is 7.99. The van der Waals surface area contributed by atoms with Crippen LogP contribution < -0.4 is 9.64 Å². The van der Waals surface area contributed by atoms with Crippen LogP contribution in [0, 0.1) is 5.82 Å². The monoisotopic (exact) mass is 371 g/mol. The number of amides is 1. The lowest BCUT2D eigenvalue weighted by Gasteiger charge is -2.16. The molecule has 1 fully saturated rings. The largest absolute Gasteiger partial charge is 0.494 e. The number of esters is 1. The van der Waals surface area contributed by atoms with Crippen molar-refractivity contribution >= 4 is 23.3 Å². The van der Waals surface area contributed by atoms with Gasteiger partial charge in [-0.1, -0.05) is 6.07 Å². The Balaban J connectivity index is 1.64. The van der Waals surface area contributed by atoms with Crippen LogP contribution in [0.25, 0.3) is 0 Å². The molecule has 27 heavy (non-hydrogen) atoms. The molecule has 0 aromatic heterocycles. The zero-order valence-corrected chi connectivity index (χ0v) is 14.7. The number of anilines is 1. The minimum absolute atomic E-state index is 0.0113. The molecule has 0 saturated carbocycles. The molecule has 140 valence electrons. The van der Waals surface area contributed by atoms with Crippen LogP contribution in [-0.2, 0) is 9.53 Å². The van der Waals surface area contributed by atoms with Gasteiger partial charge < -0.3 is 14.4 Å². The number of carbonyl (C=O) groups excluding carboxylic acids is 3. The SMILES string of the molecule is COc1ccc(C(=O)COC(=O)c2cccc(N3CCCC3=O)c2)cc1F. The molecule has 1 amide bonds. The predicted molar refractivity (Wildman–Crippen MR) is 95.6 cm³/mol. The summed E-state index contributed by atoms with van der Waals surface area (Å²) >= 11 is 0. The fraction of sp³-hybridized carbons (Fsp3) is 0.250. The van der Waals surface area contributed by atoms with Crippen molar-refractivity contribution in [1.82, 2.24) is 0 Å². The highest BCUT2D eigenvalue weighted by Crippen LogP contribution is 2.23. The quantitative estimate of drug-likeness (QED) is 0.577. The molecule has 2 aromatic carbocycles. The van der Waals surface area contributed by atoms with Crippen LogP contribution in [0.15, 0.2) is 42.5 Å². The first-order valence-electron chi connectivity index (χ1n) is 8.44. The van der Waals surface area contributed by atoms with E-state index >= 15 is 0 Å². The zero-order valence-electron chi connectivity index (χ0n) is 14.7. The van der Waals surface area contributed by atoms with Gasteiger partial charge in [0, 0.05) is 24.2 Å². The summed E-state index contributed by atoms with van der Waals surface area (Å²) in [5.74, 6) is -1.85. The maximum absolute atomic E-state index is 13.7. The van der Waals surface area contributed by atoms with Gasteiger partial charge in [-0.05, 0) is 42.8 Å². The summed E-state index contributed by atoms with van der Waals surface area (Å²) < 4.78 is 23.5. The summed E-state index contributed by atoms with van der Waals surface area (Å²) in [6, 6.07) is 10.3. The molecule has 1 aliphatic heterocycles. The third-order valence-electron chi connectivity index (χ3n) is 4.28. The van der Waals surface area contributed by atoms with Crippen LogP contribution in [0.5, 0.6) is 5.75 Å². The van der Waals surface area contributed by atoms with E-state index in [1.54, 1.807) is 29.2 Å². The Kier molecular flexibility index (Phi) is 5.49. The molecule has 0 radical (unpaired) electrons. The molecule has 7 heteroatoms. The Hall–Kier alpha value is -3.22. The Labute approximate surface area is 155 Å². The lowest BCUT2D eigenvalue weighted by Crippen LogP contribution is -2.24. The van der Waals surface area contributed by atoms with Crippen LogP contribution in [0.4, 0.5) is 10.1 Å². The Morgan fingerprint density at radius 2 is 1.96 bits per heavy atom. The first kappa shape index (κ1) is 18.6. The van der Waals surface area contributed by atoms with E-state index < -0.39 is 24.2 Å². The van der Waals surface area contributed by atoms with Crippen molar-refractivity contribution in [2.75, 3.05) is 25.2 Å². The van der Waals surface area contributed by atoms with E-state index in [0.29, 0.717) is 18.7 Å². The summed E-state index contributed by atoms with van der Waals surface area (Å²) in [7, 11) is 1.32. The van der Waals surface area contributed by atoms with Crippen LogP contribution in [0.2, 0.25) is 0 Å². The van der Waals surface area contributed by atoms with Gasteiger partial charge in [0.2, 0.25) is 5.91 Å². The Morgan fingerprint density at radius 3 is 2.63 bits per heavy atom. The molecule has 0 unspecified atom stereocenters. The summed E-state index contributed by atoms with van der Waals surface area (Å²) in [5, 5.41) is 0. The molecule has 1 heterocycles. The summed E-state index contributed by atoms with van der Waals surface area (Å²) in [5.41, 5.74) is 0.939. The first-order chi connectivity index (χ1) is 13.0. The van der Waals surface area contributed by atoms with Gasteiger partial charge in [0.05, 0.1) is 12.7 Å². The third kappa shape index (κ3) is 4.13. The van der Waals surface area contributed by atoms with Crippen LogP contribution >= 0.6 is 0 Å². The fourth-order valence-electron chi connectivity index (χ4n) is 2.86. The van der Waals surface area contributed by atoms with Gasteiger partial charge in [-0.2, -0.15) is 0 Å². The van der Waals surface area contributed by atoms with Gasteiger partial charge in [-0.25, -0.2) is 9.18 Å². The van der Waals surface area contributed by atoms with Gasteiger partial charge in [0.15, 0.2) is 24.0 Å². The molecule has 1 saturated heterocycles. The highest BCUT2D eigenvalue weighted by atomic mass is 19.1. The molecular formula is C20H18FNO5. The van der Waals surface area contributed by atoms with Crippen molar-refractivity contribution < 1.29 is 28.2 Å². The molecule has 3 rings (SSSR count). The second-order valence-corrected chi connectivity index (χ2v) is 6.05. The number of methoxy groups -OCH3 is 1. The number of Topliss-reactive ketones (excluding diaryl/α,β-unsaturated/α-hetero) is 1. The van der Waals surface area contributed by atoms with E-state index in [4.69, 9.17) is 9.47 Å². The maximum Gasteiger partial charge on any atom is 0.338 e. The van der Waals surface area contributed by atoms with Gasteiger partial charge in [-0.3, -0.25) is 9.59 Å². The number of carbonyl (C=O) groups is 3. The number of halogens is 1. The molecule has 0 atom stereocenters. The third-order valence-corrected chi connectivity index (χ3v) is 4.28. The predicted octanol–water partition coefficient (Wildman–Crippen LogP) is 3.00. The number of nitrogens with zero attached hydrogens (tertiary/aromatic N) is 1. The van der Waals surface area contributed by atoms with Gasteiger partial charge in [0.1, 0.15) is 0 Å². The molecule has 2 aromatic rings. The molecule has 0 bridgehead atoms. The smallest absolute Gasteiger partial charge is 0.338 e. The lowest BCUT2D eigenvalue weighted by atomic mass is 10.1. The van der Waals surface area contributed by atoms with E-state index in [1.807, 2.05) is 0 Å². The topological polar surface area (TPSA) is 72.9 Å². The summed E-state index contributed by atoms with van der Waals surface area (Å²) in [6.45, 7) is 0.0936. The van der Waals surface area contributed by atoms with Crippen LogP contribution in [0.1, 0.15) is 33.6 Å². The molecule has 0 aliphatic carbocycles. The van der Waals surface area contributed by atoms with Crippen LogP contribution in [-0.4, -0.2) is 37.9 Å². The lowest BCUT2D eigenvalue weighted by molar-refractivity contribution is -0.117. The minimum Gasteiger partial charge on any atom is -0.494 e. The van der Waals surface area contributed by atoms with Crippen LogP contribution in [0.3, 0.4) is 0 Å². The fourth-order valence-corrected chi connectivity index (χ4v) is 2.86. The first-order valence-corrected chi connectivity index (χ1v) is 8.44. The summed E-state index contributed by atoms with van der Waals surface area (Å²) in [6.07, 6.45) is 1.27. The molecular weight excluding hydrogens is 353 g/mol. The number of benzene rings is 2. The van der Waals surface area contributed by atoms with Crippen molar-refractivity contribution in [1.29, 1.82) is 0 Å². The van der Waals surface area contributed by atoms with Crippen molar-refractivity contribution in [2.45, 2.75) is 12.8 Å². The van der Waals surface area contributed by atoms with Crippen molar-refractivity contribution in [3.05, 3.63) is 59.4 Å². The van der Waals surface area contributed by atoms with Crippen molar-refractivity contribution in [3.8, 4) is 5.75 Å². The number of rotatable bonds is 6. The highest BCUT2D eigenvalue weighted by molar-refractivity contribution is 6.00. The second-order valence-electron chi connectivity index (χ2n) is 6.05. The average molecular weight is 371 g/mol. The standard InChI is InChI=1S/C20H18FNO5/c1-26-18-8-7-13(11-16(18)21)17(23)12-27-20(25)14-4-2-5-15(10-14)22-9-3-6-19(22)24/h2,4-5,7-8,10-11H,3,6,9,12H2,1H3. The normalized spacial score (nSPS) is 13.6. The molecule has 1 aliphatic rings. The van der Waals surface area contributed by atoms with Crippen molar-refractivity contribution in [2.24, 2.45) is 0 Å². The Bertz CT molecular complexity index is 896. The van der Waals surface area contributed by atoms with E-state index in [2.05, 4.69) is 0 Å². The zero-order chi connectivity index (χ0) is 19.4. The molecule has 0 N–H and O–H groups in total. The highest BCUT2D eigenvalue weighted by Gasteiger charge is 2.22. The van der Waals surface area contributed by atoms with E-state index in [-0.39, 0.29) is 22.8 Å². The number of hydrogen-bond acceptors (Lipinski definition) is 5. The number of hydrogen-bond donors (Lipinski definition) is 0. The minimum atomic E-state index is -0.689. The van der Waals surface area contributed by atoms with Gasteiger partial charge in [0.25, 0.3) is 0 Å². The molecule has 6 nitrogen and oxygen atoms in total. The summed E-state index contributed by atoms with van der Waals surface area (Å²) in [4.78, 5) is 37.8. The van der Waals surface area contributed by atoms with Gasteiger partial charge >= 0.3 is 5.97 Å². The number of ketones is 1. The van der Waals surface area contributed by atoms with E-state index in [1.165, 1.54) is 19.2 Å². The average Bonchev–Trinajstić information content (AvgIpc) is 3.11.